The van der Waals surface area contributed by atoms with E-state index in [1.165, 1.54) is 0 Å². The van der Waals surface area contributed by atoms with Gasteiger partial charge in [0.1, 0.15) is 17.9 Å². The van der Waals surface area contributed by atoms with Crippen molar-refractivity contribution < 1.29 is 9.53 Å². The van der Waals surface area contributed by atoms with Crippen molar-refractivity contribution in [2.45, 2.75) is 18.9 Å². The third-order valence-electron chi connectivity index (χ3n) is 4.63. The van der Waals surface area contributed by atoms with E-state index in [9.17, 15) is 4.79 Å². The fourth-order valence-corrected chi connectivity index (χ4v) is 3.01. The summed E-state index contributed by atoms with van der Waals surface area (Å²) < 4.78 is 7.01. The number of imidazole rings is 1. The van der Waals surface area contributed by atoms with Gasteiger partial charge in [0.25, 0.3) is 5.91 Å². The maximum absolute atomic E-state index is 12.7. The van der Waals surface area contributed by atoms with Crippen LogP contribution >= 0.6 is 0 Å². The van der Waals surface area contributed by atoms with Crippen molar-refractivity contribution >= 4 is 5.91 Å². The van der Waals surface area contributed by atoms with Crippen LogP contribution in [0.15, 0.2) is 61.3 Å². The Balaban J connectivity index is 1.49. The number of nitrogens with zero attached hydrogens (tertiary/aromatic N) is 3. The molecule has 1 fully saturated rings. The summed E-state index contributed by atoms with van der Waals surface area (Å²) in [5, 5.41) is 3.16. The van der Waals surface area contributed by atoms with Gasteiger partial charge in [-0.15, -0.1) is 0 Å². The summed E-state index contributed by atoms with van der Waals surface area (Å²) in [6, 6.07) is 11.5. The molecule has 3 aromatic rings. The molecular formula is C20H20N4O2. The third-order valence-corrected chi connectivity index (χ3v) is 4.63. The molecule has 1 aliphatic carbocycles. The van der Waals surface area contributed by atoms with E-state index in [0.29, 0.717) is 11.5 Å². The summed E-state index contributed by atoms with van der Waals surface area (Å²) >= 11 is 0. The Morgan fingerprint density at radius 2 is 2.04 bits per heavy atom. The predicted octanol–water partition coefficient (Wildman–Crippen LogP) is 3.16. The topological polar surface area (TPSA) is 69.0 Å². The standard InChI is InChI=1S/C20H20N4O2/c1-26-17-7-4-15(5-8-17)19(14-2-3-14)23-20(25)16-6-9-18(22-12-16)24-11-10-21-13-24/h4-14,19H,2-3H2,1H3,(H,23,25). The molecule has 2 aromatic heterocycles. The summed E-state index contributed by atoms with van der Waals surface area (Å²) in [5.74, 6) is 1.93. The summed E-state index contributed by atoms with van der Waals surface area (Å²) in [7, 11) is 1.65. The van der Waals surface area contributed by atoms with Crippen molar-refractivity contribution in [3.05, 3.63) is 72.4 Å². The molecule has 1 unspecified atom stereocenters. The molecule has 0 spiro atoms. The second-order valence-electron chi connectivity index (χ2n) is 6.44. The van der Waals surface area contributed by atoms with Gasteiger partial charge in [0.05, 0.1) is 18.7 Å². The zero-order valence-electron chi connectivity index (χ0n) is 14.5. The van der Waals surface area contributed by atoms with Crippen molar-refractivity contribution in [2.75, 3.05) is 7.11 Å². The first kappa shape index (κ1) is 16.3. The molecule has 6 nitrogen and oxygen atoms in total. The summed E-state index contributed by atoms with van der Waals surface area (Å²) in [6.07, 6.45) is 9.05. The Bertz CT molecular complexity index is 869. The maximum atomic E-state index is 12.7. The average Bonchev–Trinajstić information content (AvgIpc) is 3.39. The van der Waals surface area contributed by atoms with Crippen molar-refractivity contribution in [1.29, 1.82) is 0 Å². The van der Waals surface area contributed by atoms with E-state index in [1.807, 2.05) is 36.5 Å². The molecule has 1 aromatic carbocycles. The van der Waals surface area contributed by atoms with E-state index < -0.39 is 0 Å². The molecule has 0 radical (unpaired) electrons. The number of hydrogen-bond acceptors (Lipinski definition) is 4. The van der Waals surface area contributed by atoms with E-state index >= 15 is 0 Å². The number of ether oxygens (including phenoxy) is 1. The van der Waals surface area contributed by atoms with Crippen molar-refractivity contribution in [2.24, 2.45) is 5.92 Å². The Hall–Kier alpha value is -3.15. The van der Waals surface area contributed by atoms with Crippen molar-refractivity contribution in [1.82, 2.24) is 19.9 Å². The van der Waals surface area contributed by atoms with Crippen molar-refractivity contribution in [3.8, 4) is 11.6 Å². The number of pyridine rings is 1. The van der Waals surface area contributed by atoms with Crippen LogP contribution < -0.4 is 10.1 Å². The SMILES string of the molecule is COc1ccc(C(NC(=O)c2ccc(-n3ccnc3)nc2)C2CC2)cc1. The minimum Gasteiger partial charge on any atom is -0.497 e. The molecule has 0 aliphatic heterocycles. The highest BCUT2D eigenvalue weighted by Gasteiger charge is 2.33. The lowest BCUT2D eigenvalue weighted by molar-refractivity contribution is 0.0931. The van der Waals surface area contributed by atoms with Gasteiger partial charge in [-0.1, -0.05) is 12.1 Å². The molecule has 0 bridgehead atoms. The van der Waals surface area contributed by atoms with Gasteiger partial charge >= 0.3 is 0 Å². The number of methoxy groups -OCH3 is 1. The van der Waals surface area contributed by atoms with E-state index in [0.717, 1.165) is 30.0 Å². The fourth-order valence-electron chi connectivity index (χ4n) is 3.01. The smallest absolute Gasteiger partial charge is 0.253 e. The molecule has 2 heterocycles. The monoisotopic (exact) mass is 348 g/mol. The zero-order valence-corrected chi connectivity index (χ0v) is 14.5. The van der Waals surface area contributed by atoms with Crippen molar-refractivity contribution in [3.63, 3.8) is 0 Å². The van der Waals surface area contributed by atoms with Gasteiger partial charge < -0.3 is 10.1 Å². The van der Waals surface area contributed by atoms with Crippen LogP contribution in [0.3, 0.4) is 0 Å². The van der Waals surface area contributed by atoms with Gasteiger partial charge in [0.2, 0.25) is 0 Å². The van der Waals surface area contributed by atoms with Crippen LogP contribution in [0.2, 0.25) is 0 Å². The Kier molecular flexibility index (Phi) is 4.39. The zero-order chi connectivity index (χ0) is 17.9. The molecule has 1 atom stereocenters. The van der Waals surface area contributed by atoms with E-state index in [4.69, 9.17) is 4.74 Å². The first-order chi connectivity index (χ1) is 12.7. The van der Waals surface area contributed by atoms with E-state index in [1.54, 1.807) is 36.5 Å². The largest absolute Gasteiger partial charge is 0.497 e. The molecule has 1 saturated carbocycles. The molecular weight excluding hydrogens is 328 g/mol. The number of amides is 1. The van der Waals surface area contributed by atoms with Crippen LogP contribution in [-0.4, -0.2) is 27.6 Å². The van der Waals surface area contributed by atoms with E-state index in [-0.39, 0.29) is 11.9 Å². The number of carbonyl (C=O) groups excluding carboxylic acids is 1. The third kappa shape index (κ3) is 3.44. The van der Waals surface area contributed by atoms with Gasteiger partial charge in [-0.05, 0) is 48.6 Å². The molecule has 132 valence electrons. The number of carbonyl (C=O) groups is 1. The lowest BCUT2D eigenvalue weighted by atomic mass is 10.0. The van der Waals surface area contributed by atoms with E-state index in [2.05, 4.69) is 15.3 Å². The maximum Gasteiger partial charge on any atom is 0.253 e. The predicted molar refractivity (Wildman–Crippen MR) is 97.3 cm³/mol. The van der Waals surface area contributed by atoms with Crippen LogP contribution in [0.1, 0.15) is 34.8 Å². The van der Waals surface area contributed by atoms with Gasteiger partial charge in [0.15, 0.2) is 0 Å². The van der Waals surface area contributed by atoms with Gasteiger partial charge in [-0.3, -0.25) is 9.36 Å². The fraction of sp³-hybridized carbons (Fsp3) is 0.250. The number of benzene rings is 1. The van der Waals surface area contributed by atoms with Gasteiger partial charge in [0, 0.05) is 18.6 Å². The second kappa shape index (κ2) is 7.00. The van der Waals surface area contributed by atoms with Crippen LogP contribution in [0.25, 0.3) is 5.82 Å². The number of aromatic nitrogens is 3. The Morgan fingerprint density at radius 3 is 2.62 bits per heavy atom. The normalized spacial score (nSPS) is 14.7. The van der Waals surface area contributed by atoms with Gasteiger partial charge in [-0.2, -0.15) is 0 Å². The number of rotatable bonds is 6. The first-order valence-electron chi connectivity index (χ1n) is 8.64. The number of nitrogens with one attached hydrogen (secondary N) is 1. The second-order valence-corrected chi connectivity index (χ2v) is 6.44. The quantitative estimate of drug-likeness (QED) is 0.743. The lowest BCUT2D eigenvalue weighted by Gasteiger charge is -2.19. The lowest BCUT2D eigenvalue weighted by Crippen LogP contribution is -2.30. The highest BCUT2D eigenvalue weighted by atomic mass is 16.5. The Labute approximate surface area is 151 Å². The Morgan fingerprint density at radius 1 is 1.23 bits per heavy atom. The summed E-state index contributed by atoms with van der Waals surface area (Å²) in [5.41, 5.74) is 1.65. The molecule has 4 rings (SSSR count). The minimum absolute atomic E-state index is 0.0155. The van der Waals surface area contributed by atoms with Crippen LogP contribution in [0.5, 0.6) is 5.75 Å². The van der Waals surface area contributed by atoms with Crippen LogP contribution in [-0.2, 0) is 0 Å². The minimum atomic E-state index is -0.109. The number of hydrogen-bond donors (Lipinski definition) is 1. The first-order valence-corrected chi connectivity index (χ1v) is 8.64. The molecule has 0 saturated heterocycles. The molecule has 1 N–H and O–H groups in total. The van der Waals surface area contributed by atoms with Gasteiger partial charge in [-0.25, -0.2) is 9.97 Å². The summed E-state index contributed by atoms with van der Waals surface area (Å²) in [6.45, 7) is 0. The van der Waals surface area contributed by atoms with Crippen LogP contribution in [0.4, 0.5) is 0 Å². The molecule has 1 aliphatic rings. The molecule has 1 amide bonds. The highest BCUT2D eigenvalue weighted by Crippen LogP contribution is 2.41. The summed E-state index contributed by atoms with van der Waals surface area (Å²) in [4.78, 5) is 21.0. The average molecular weight is 348 g/mol. The highest BCUT2D eigenvalue weighted by molar-refractivity contribution is 5.94. The molecule has 6 heteroatoms. The molecule has 26 heavy (non-hydrogen) atoms. The van der Waals surface area contributed by atoms with Crippen LogP contribution in [0, 0.1) is 5.92 Å².